The van der Waals surface area contributed by atoms with E-state index in [1.165, 1.54) is 6.08 Å². The number of aromatic amines is 1. The molecule has 0 saturated carbocycles. The summed E-state index contributed by atoms with van der Waals surface area (Å²) >= 11 is 6.32. The standard InChI is InChI=1S/C18H14ClNO2/c1-22-13-8-6-12(7-9-13)17(21)11-10-16-18(19)14-4-2-3-5-15(14)20-16/h2-11,20H,1H3. The van der Waals surface area contributed by atoms with Crippen LogP contribution in [-0.4, -0.2) is 17.9 Å². The second-order valence-corrected chi connectivity index (χ2v) is 5.20. The lowest BCUT2D eigenvalue weighted by atomic mass is 10.1. The molecular formula is C18H14ClNO2. The highest BCUT2D eigenvalue weighted by atomic mass is 35.5. The van der Waals surface area contributed by atoms with Crippen molar-refractivity contribution in [1.82, 2.24) is 4.98 Å². The number of carbonyl (C=O) groups is 1. The minimum Gasteiger partial charge on any atom is -0.497 e. The van der Waals surface area contributed by atoms with Gasteiger partial charge in [0.1, 0.15) is 5.75 Å². The third-order valence-corrected chi connectivity index (χ3v) is 3.85. The lowest BCUT2D eigenvalue weighted by Crippen LogP contribution is -1.94. The highest BCUT2D eigenvalue weighted by molar-refractivity contribution is 6.37. The first-order valence-electron chi connectivity index (χ1n) is 6.81. The summed E-state index contributed by atoms with van der Waals surface area (Å²) in [5.41, 5.74) is 2.28. The minimum atomic E-state index is -0.0858. The van der Waals surface area contributed by atoms with Crippen LogP contribution in [-0.2, 0) is 0 Å². The van der Waals surface area contributed by atoms with Crippen LogP contribution in [0.4, 0.5) is 0 Å². The van der Waals surface area contributed by atoms with Gasteiger partial charge in [0.15, 0.2) is 5.78 Å². The maximum Gasteiger partial charge on any atom is 0.185 e. The fraction of sp³-hybridized carbons (Fsp3) is 0.0556. The Morgan fingerprint density at radius 2 is 1.86 bits per heavy atom. The molecule has 0 spiro atoms. The van der Waals surface area contributed by atoms with E-state index in [-0.39, 0.29) is 5.78 Å². The van der Waals surface area contributed by atoms with Gasteiger partial charge in [-0.25, -0.2) is 0 Å². The van der Waals surface area contributed by atoms with E-state index in [0.717, 1.165) is 22.3 Å². The fourth-order valence-electron chi connectivity index (χ4n) is 2.25. The molecule has 0 bridgehead atoms. The zero-order chi connectivity index (χ0) is 15.5. The number of para-hydroxylation sites is 1. The molecular weight excluding hydrogens is 298 g/mol. The van der Waals surface area contributed by atoms with Gasteiger partial charge in [0.2, 0.25) is 0 Å². The maximum absolute atomic E-state index is 12.2. The van der Waals surface area contributed by atoms with Gasteiger partial charge < -0.3 is 9.72 Å². The van der Waals surface area contributed by atoms with E-state index < -0.39 is 0 Å². The Morgan fingerprint density at radius 1 is 1.14 bits per heavy atom. The van der Waals surface area contributed by atoms with Crippen LogP contribution in [0.15, 0.2) is 54.6 Å². The highest BCUT2D eigenvalue weighted by Crippen LogP contribution is 2.28. The Morgan fingerprint density at radius 3 is 2.55 bits per heavy atom. The second kappa shape index (κ2) is 6.08. The Hall–Kier alpha value is -2.52. The summed E-state index contributed by atoms with van der Waals surface area (Å²) in [7, 11) is 1.59. The number of nitrogens with one attached hydrogen (secondary N) is 1. The molecule has 22 heavy (non-hydrogen) atoms. The Kier molecular flexibility index (Phi) is 3.98. The van der Waals surface area contributed by atoms with Crippen molar-refractivity contribution in [3.05, 3.63) is 70.9 Å². The number of carbonyl (C=O) groups excluding carboxylic acids is 1. The highest BCUT2D eigenvalue weighted by Gasteiger charge is 2.07. The topological polar surface area (TPSA) is 42.1 Å². The van der Waals surface area contributed by atoms with Crippen molar-refractivity contribution < 1.29 is 9.53 Å². The average Bonchev–Trinajstić information content (AvgIpc) is 2.89. The number of ether oxygens (including phenoxy) is 1. The van der Waals surface area contributed by atoms with Gasteiger partial charge in [0.25, 0.3) is 0 Å². The molecule has 0 aliphatic rings. The first kappa shape index (κ1) is 14.4. The third kappa shape index (κ3) is 2.76. The van der Waals surface area contributed by atoms with E-state index in [4.69, 9.17) is 16.3 Å². The molecule has 1 heterocycles. The number of aromatic nitrogens is 1. The van der Waals surface area contributed by atoms with Crippen molar-refractivity contribution in [2.75, 3.05) is 7.11 Å². The maximum atomic E-state index is 12.2. The normalized spacial score (nSPS) is 11.2. The zero-order valence-corrected chi connectivity index (χ0v) is 12.7. The fourth-order valence-corrected chi connectivity index (χ4v) is 2.53. The van der Waals surface area contributed by atoms with Crippen LogP contribution in [0, 0.1) is 0 Å². The van der Waals surface area contributed by atoms with Gasteiger partial charge in [-0.2, -0.15) is 0 Å². The molecule has 2 aromatic carbocycles. The molecule has 0 aliphatic carbocycles. The number of halogens is 1. The third-order valence-electron chi connectivity index (χ3n) is 3.45. The number of hydrogen-bond donors (Lipinski definition) is 1. The summed E-state index contributed by atoms with van der Waals surface area (Å²) in [6, 6.07) is 14.7. The van der Waals surface area contributed by atoms with Gasteiger partial charge in [-0.05, 0) is 42.5 Å². The van der Waals surface area contributed by atoms with Crippen molar-refractivity contribution in [3.63, 3.8) is 0 Å². The van der Waals surface area contributed by atoms with E-state index in [2.05, 4.69) is 4.98 Å². The number of ketones is 1. The molecule has 3 nitrogen and oxygen atoms in total. The molecule has 110 valence electrons. The van der Waals surface area contributed by atoms with E-state index in [1.807, 2.05) is 24.3 Å². The lowest BCUT2D eigenvalue weighted by molar-refractivity contribution is 0.104. The van der Waals surface area contributed by atoms with Gasteiger partial charge in [-0.15, -0.1) is 0 Å². The number of H-pyrrole nitrogens is 1. The van der Waals surface area contributed by atoms with Gasteiger partial charge in [-0.1, -0.05) is 29.8 Å². The first-order valence-corrected chi connectivity index (χ1v) is 7.19. The smallest absolute Gasteiger partial charge is 0.185 e. The van der Waals surface area contributed by atoms with Crippen molar-refractivity contribution in [1.29, 1.82) is 0 Å². The van der Waals surface area contributed by atoms with Crippen LogP contribution in [0.5, 0.6) is 5.75 Å². The van der Waals surface area contributed by atoms with E-state index in [1.54, 1.807) is 37.5 Å². The number of hydrogen-bond acceptors (Lipinski definition) is 2. The summed E-state index contributed by atoms with van der Waals surface area (Å²) < 4.78 is 5.08. The van der Waals surface area contributed by atoms with Gasteiger partial charge >= 0.3 is 0 Å². The predicted octanol–water partition coefficient (Wildman–Crippen LogP) is 4.73. The summed E-state index contributed by atoms with van der Waals surface area (Å²) in [6.07, 6.45) is 3.22. The van der Waals surface area contributed by atoms with E-state index in [9.17, 15) is 4.79 Å². The average molecular weight is 312 g/mol. The van der Waals surface area contributed by atoms with E-state index in [0.29, 0.717) is 10.6 Å². The van der Waals surface area contributed by atoms with Gasteiger partial charge in [0, 0.05) is 16.5 Å². The Bertz CT molecular complexity index is 847. The summed E-state index contributed by atoms with van der Waals surface area (Å²) in [5, 5.41) is 1.56. The number of rotatable bonds is 4. The SMILES string of the molecule is COc1ccc(C(=O)C=Cc2[nH]c3ccccc3c2Cl)cc1. The number of benzene rings is 2. The van der Waals surface area contributed by atoms with Crippen molar-refractivity contribution in [3.8, 4) is 5.75 Å². The molecule has 0 amide bonds. The van der Waals surface area contributed by atoms with Crippen LogP contribution in [0.2, 0.25) is 5.02 Å². The summed E-state index contributed by atoms with van der Waals surface area (Å²) in [6.45, 7) is 0. The summed E-state index contributed by atoms with van der Waals surface area (Å²) in [4.78, 5) is 15.4. The van der Waals surface area contributed by atoms with Gasteiger partial charge in [-0.3, -0.25) is 4.79 Å². The molecule has 1 aromatic heterocycles. The number of fused-ring (bicyclic) bond motifs is 1. The molecule has 0 aliphatic heterocycles. The Labute approximate surface area is 133 Å². The number of allylic oxidation sites excluding steroid dienone is 1. The van der Waals surface area contributed by atoms with Crippen LogP contribution in [0.1, 0.15) is 16.1 Å². The summed E-state index contributed by atoms with van der Waals surface area (Å²) in [5.74, 6) is 0.636. The Balaban J connectivity index is 1.85. The van der Waals surface area contributed by atoms with Crippen molar-refractivity contribution in [2.24, 2.45) is 0 Å². The van der Waals surface area contributed by atoms with Crippen molar-refractivity contribution >= 4 is 34.4 Å². The van der Waals surface area contributed by atoms with Crippen LogP contribution in [0.3, 0.4) is 0 Å². The van der Waals surface area contributed by atoms with Crippen LogP contribution < -0.4 is 4.74 Å². The molecule has 0 atom stereocenters. The first-order chi connectivity index (χ1) is 10.7. The number of methoxy groups -OCH3 is 1. The minimum absolute atomic E-state index is 0.0858. The molecule has 4 heteroatoms. The van der Waals surface area contributed by atoms with E-state index >= 15 is 0 Å². The molecule has 1 N–H and O–H groups in total. The largest absolute Gasteiger partial charge is 0.497 e. The molecule has 0 unspecified atom stereocenters. The van der Waals surface area contributed by atoms with Crippen molar-refractivity contribution in [2.45, 2.75) is 0 Å². The second-order valence-electron chi connectivity index (χ2n) is 4.82. The zero-order valence-electron chi connectivity index (χ0n) is 12.0. The van der Waals surface area contributed by atoms with Crippen LogP contribution in [0.25, 0.3) is 17.0 Å². The predicted molar refractivity (Wildman–Crippen MR) is 89.7 cm³/mol. The molecule has 0 fully saturated rings. The molecule has 0 saturated heterocycles. The van der Waals surface area contributed by atoms with Gasteiger partial charge in [0.05, 0.1) is 17.8 Å². The quantitative estimate of drug-likeness (QED) is 0.559. The monoisotopic (exact) mass is 311 g/mol. The molecule has 0 radical (unpaired) electrons. The molecule has 3 aromatic rings. The lowest BCUT2D eigenvalue weighted by Gasteiger charge is -2.00. The van der Waals surface area contributed by atoms with Crippen LogP contribution >= 0.6 is 11.6 Å². The molecule has 3 rings (SSSR count).